The van der Waals surface area contributed by atoms with E-state index in [9.17, 15) is 43.2 Å². The van der Waals surface area contributed by atoms with E-state index < -0.39 is 97.5 Å². The van der Waals surface area contributed by atoms with Gasteiger partial charge in [0.2, 0.25) is 0 Å². The van der Waals surface area contributed by atoms with Gasteiger partial charge in [-0.25, -0.2) is 9.13 Å². The lowest BCUT2D eigenvalue weighted by Crippen LogP contribution is -2.30. The van der Waals surface area contributed by atoms with Gasteiger partial charge in [0.15, 0.2) is 12.2 Å². The Morgan fingerprint density at radius 2 is 0.554 bits per heavy atom. The Labute approximate surface area is 562 Å². The molecule has 0 aliphatic rings. The molecule has 0 rings (SSSR count). The summed E-state index contributed by atoms with van der Waals surface area (Å²) in [5.41, 5.74) is 0. The van der Waals surface area contributed by atoms with Crippen LogP contribution in [-0.4, -0.2) is 96.7 Å². The minimum absolute atomic E-state index is 0.105. The Hall–Kier alpha value is -1.94. The van der Waals surface area contributed by atoms with Crippen LogP contribution >= 0.6 is 15.6 Å². The van der Waals surface area contributed by atoms with E-state index in [2.05, 4.69) is 48.5 Å². The summed E-state index contributed by atoms with van der Waals surface area (Å²) in [6.07, 6.45) is 48.6. The van der Waals surface area contributed by atoms with Crippen molar-refractivity contribution in [2.75, 3.05) is 39.6 Å². The van der Waals surface area contributed by atoms with Gasteiger partial charge in [0.05, 0.1) is 26.4 Å². The van der Waals surface area contributed by atoms with Crippen LogP contribution in [-0.2, 0) is 65.4 Å². The van der Waals surface area contributed by atoms with E-state index in [0.717, 1.165) is 120 Å². The quantitative estimate of drug-likeness (QED) is 0.0222. The highest BCUT2D eigenvalue weighted by Crippen LogP contribution is 2.45. The molecule has 546 valence electrons. The first kappa shape index (κ1) is 90.1. The van der Waals surface area contributed by atoms with Crippen LogP contribution in [0.25, 0.3) is 0 Å². The van der Waals surface area contributed by atoms with Crippen molar-refractivity contribution in [2.45, 2.75) is 388 Å². The lowest BCUT2D eigenvalue weighted by atomic mass is 9.99. The summed E-state index contributed by atoms with van der Waals surface area (Å²) >= 11 is 0. The maximum atomic E-state index is 13.1. The van der Waals surface area contributed by atoms with Gasteiger partial charge in [0, 0.05) is 25.7 Å². The maximum Gasteiger partial charge on any atom is 0.472 e. The molecule has 19 heteroatoms. The molecular weight excluding hydrogens is 1210 g/mol. The van der Waals surface area contributed by atoms with Gasteiger partial charge in [-0.3, -0.25) is 37.3 Å². The molecule has 0 aliphatic heterocycles. The van der Waals surface area contributed by atoms with Gasteiger partial charge in [-0.2, -0.15) is 0 Å². The monoisotopic (exact) mass is 1350 g/mol. The summed E-state index contributed by atoms with van der Waals surface area (Å²) in [6.45, 7) is 11.9. The second-order valence-corrected chi connectivity index (χ2v) is 30.4. The fourth-order valence-electron chi connectivity index (χ4n) is 11.0. The highest BCUT2D eigenvalue weighted by molar-refractivity contribution is 7.47. The minimum atomic E-state index is -4.95. The van der Waals surface area contributed by atoms with E-state index in [1.54, 1.807) is 0 Å². The molecule has 0 aromatic heterocycles. The molecule has 0 spiro atoms. The number of esters is 4. The maximum absolute atomic E-state index is 13.1. The average Bonchev–Trinajstić information content (AvgIpc) is 2.60. The summed E-state index contributed by atoms with van der Waals surface area (Å²) in [6, 6.07) is 0. The fourth-order valence-corrected chi connectivity index (χ4v) is 12.6. The molecule has 0 radical (unpaired) electrons. The number of hydrogen-bond acceptors (Lipinski definition) is 15. The minimum Gasteiger partial charge on any atom is -0.462 e. The Morgan fingerprint density at radius 1 is 0.315 bits per heavy atom. The number of unbranched alkanes of at least 4 members (excludes halogenated alkanes) is 38. The van der Waals surface area contributed by atoms with Crippen molar-refractivity contribution >= 4 is 39.5 Å². The van der Waals surface area contributed by atoms with Gasteiger partial charge in [-0.05, 0) is 43.4 Å². The third kappa shape index (κ3) is 65.4. The van der Waals surface area contributed by atoms with Crippen LogP contribution in [0.4, 0.5) is 0 Å². The van der Waals surface area contributed by atoms with Crippen LogP contribution in [0.2, 0.25) is 0 Å². The van der Waals surface area contributed by atoms with Gasteiger partial charge in [-0.1, -0.05) is 318 Å². The summed E-state index contributed by atoms with van der Waals surface area (Å²) in [7, 11) is -9.90. The van der Waals surface area contributed by atoms with Crippen molar-refractivity contribution in [3.8, 4) is 0 Å². The van der Waals surface area contributed by atoms with Gasteiger partial charge >= 0.3 is 39.5 Å². The summed E-state index contributed by atoms with van der Waals surface area (Å²) < 4.78 is 68.3. The molecule has 0 aromatic rings. The molecule has 0 aromatic carbocycles. The zero-order chi connectivity index (χ0) is 68.0. The molecule has 0 amide bonds. The van der Waals surface area contributed by atoms with E-state index in [1.807, 2.05) is 0 Å². The summed E-state index contributed by atoms with van der Waals surface area (Å²) in [4.78, 5) is 72.6. The number of carbonyl (C=O) groups excluding carboxylic acids is 4. The smallest absolute Gasteiger partial charge is 0.462 e. The molecule has 6 atom stereocenters. The van der Waals surface area contributed by atoms with E-state index in [0.29, 0.717) is 25.7 Å². The lowest BCUT2D eigenvalue weighted by Gasteiger charge is -2.21. The molecule has 0 aliphatic carbocycles. The topological polar surface area (TPSA) is 237 Å². The first-order valence-corrected chi connectivity index (χ1v) is 40.9. The predicted octanol–water partition coefficient (Wildman–Crippen LogP) is 21.0. The Balaban J connectivity index is 5.21. The largest absolute Gasteiger partial charge is 0.472 e. The second kappa shape index (κ2) is 63.8. The Morgan fingerprint density at radius 3 is 0.826 bits per heavy atom. The van der Waals surface area contributed by atoms with E-state index in [-0.39, 0.29) is 25.7 Å². The van der Waals surface area contributed by atoms with Crippen LogP contribution in [0, 0.1) is 17.8 Å². The predicted molar refractivity (Wildman–Crippen MR) is 372 cm³/mol. The molecule has 92 heavy (non-hydrogen) atoms. The van der Waals surface area contributed by atoms with Gasteiger partial charge < -0.3 is 33.8 Å². The van der Waals surface area contributed by atoms with E-state index in [1.165, 1.54) is 167 Å². The van der Waals surface area contributed by atoms with Crippen molar-refractivity contribution in [1.82, 2.24) is 0 Å². The molecule has 0 bridgehead atoms. The van der Waals surface area contributed by atoms with Gasteiger partial charge in [0.1, 0.15) is 19.3 Å². The normalized spacial score (nSPS) is 14.4. The lowest BCUT2D eigenvalue weighted by molar-refractivity contribution is -0.161. The number of phosphoric ester groups is 2. The second-order valence-electron chi connectivity index (χ2n) is 27.5. The van der Waals surface area contributed by atoms with Crippen LogP contribution in [0.5, 0.6) is 0 Å². The number of rotatable bonds is 71. The van der Waals surface area contributed by atoms with Crippen molar-refractivity contribution in [2.24, 2.45) is 17.8 Å². The van der Waals surface area contributed by atoms with E-state index >= 15 is 0 Å². The average molecular weight is 1350 g/mol. The van der Waals surface area contributed by atoms with Crippen LogP contribution in [0.15, 0.2) is 0 Å². The number of ether oxygens (including phenoxy) is 4. The molecule has 0 saturated heterocycles. The Bertz CT molecular complexity index is 1800. The van der Waals surface area contributed by atoms with Crippen molar-refractivity contribution < 1.29 is 80.2 Å². The number of aliphatic hydroxyl groups excluding tert-OH is 1. The third-order valence-electron chi connectivity index (χ3n) is 17.2. The Kier molecular flexibility index (Phi) is 62.4. The summed E-state index contributed by atoms with van der Waals surface area (Å²) in [5.74, 6) is 0.238. The van der Waals surface area contributed by atoms with Crippen LogP contribution in [0.1, 0.15) is 370 Å². The number of hydrogen-bond donors (Lipinski definition) is 3. The summed E-state index contributed by atoms with van der Waals surface area (Å²) in [5, 5.41) is 10.6. The standard InChI is InChI=1S/C73H142O17P2/c1-8-10-11-12-30-40-47-54-70(75)83-60-68(89-73(78)57-50-43-36-29-22-20-25-32-38-45-52-65(5)6)62-87-91(79,80)85-58-67(74)59-86-92(81,82)88-63-69(61-84-71(76)55-48-41-34-27-23-21-26-33-39-46-53-66(7)9-2)90-72(77)56-49-42-35-28-19-17-15-13-14-16-18-24-31-37-44-51-64(3)4/h64-69,74H,8-63H2,1-7H3,(H,79,80)(H,81,82)/t66?,67-,68+,69+/m0/s1. The van der Waals surface area contributed by atoms with Crippen molar-refractivity contribution in [3.05, 3.63) is 0 Å². The first-order valence-electron chi connectivity index (χ1n) is 37.9. The molecule has 3 unspecified atom stereocenters. The van der Waals surface area contributed by atoms with Crippen molar-refractivity contribution in [3.63, 3.8) is 0 Å². The fraction of sp³-hybridized carbons (Fsp3) is 0.945. The first-order chi connectivity index (χ1) is 44.3. The van der Waals surface area contributed by atoms with Gasteiger partial charge in [0.25, 0.3) is 0 Å². The zero-order valence-electron chi connectivity index (χ0n) is 60.0. The molecule has 3 N–H and O–H groups in total. The highest BCUT2D eigenvalue weighted by Gasteiger charge is 2.30. The molecule has 0 saturated carbocycles. The third-order valence-corrected chi connectivity index (χ3v) is 19.1. The number of carbonyl (C=O) groups is 4. The van der Waals surface area contributed by atoms with Crippen molar-refractivity contribution in [1.29, 1.82) is 0 Å². The van der Waals surface area contributed by atoms with Crippen LogP contribution < -0.4 is 0 Å². The van der Waals surface area contributed by atoms with Gasteiger partial charge in [-0.15, -0.1) is 0 Å². The zero-order valence-corrected chi connectivity index (χ0v) is 61.8. The molecular formula is C73H142O17P2. The number of phosphoric acid groups is 2. The van der Waals surface area contributed by atoms with E-state index in [4.69, 9.17) is 37.0 Å². The SMILES string of the molecule is CCCCCCCCCC(=O)OC[C@H](COP(=O)(O)OC[C@H](O)COP(=O)(O)OC[C@@H](COC(=O)CCCCCCCCCCCCC(C)CC)OC(=O)CCCCCCCCCCCCCCCCCC(C)C)OC(=O)CCCCCCCCCCCCC(C)C. The van der Waals surface area contributed by atoms with Crippen LogP contribution in [0.3, 0.4) is 0 Å². The highest BCUT2D eigenvalue weighted by atomic mass is 31.2. The molecule has 0 heterocycles. The molecule has 17 nitrogen and oxygen atoms in total. The number of aliphatic hydroxyl groups is 1. The molecule has 0 fully saturated rings.